The maximum Gasteiger partial charge on any atom is 0.337 e. The Kier molecular flexibility index (Phi) is 4.72. The minimum Gasteiger partial charge on any atom is -0.465 e. The molecule has 0 atom stereocenters. The number of carbonyl (C=O) groups excluding carboxylic acids is 2. The van der Waals surface area contributed by atoms with Crippen LogP contribution in [0.25, 0.3) is 22.4 Å². The molecule has 0 unspecified atom stereocenters. The van der Waals surface area contributed by atoms with Crippen LogP contribution in [-0.2, 0) is 11.2 Å². The van der Waals surface area contributed by atoms with E-state index in [0.29, 0.717) is 11.1 Å². The Morgan fingerprint density at radius 2 is 1.64 bits per heavy atom. The van der Waals surface area contributed by atoms with Crippen LogP contribution in [0.3, 0.4) is 0 Å². The molecule has 1 aromatic heterocycles. The van der Waals surface area contributed by atoms with Gasteiger partial charge in [0, 0.05) is 17.5 Å². The van der Waals surface area contributed by atoms with Crippen LogP contribution in [0.2, 0.25) is 0 Å². The molecule has 0 aliphatic heterocycles. The average Bonchev–Trinajstić information content (AvgIpc) is 3.17. The van der Waals surface area contributed by atoms with Gasteiger partial charge in [-0.05, 0) is 29.8 Å². The molecular formula is C23H18N2O3. The van der Waals surface area contributed by atoms with Crippen molar-refractivity contribution in [1.29, 1.82) is 0 Å². The van der Waals surface area contributed by atoms with E-state index in [1.807, 2.05) is 48.5 Å². The molecule has 0 aliphatic carbocycles. The molecule has 138 valence electrons. The number of ether oxygens (including phenoxy) is 1. The van der Waals surface area contributed by atoms with Crippen LogP contribution in [0.15, 0.2) is 72.8 Å². The summed E-state index contributed by atoms with van der Waals surface area (Å²) in [4.78, 5) is 32.0. The Morgan fingerprint density at radius 3 is 2.36 bits per heavy atom. The number of aromatic amines is 1. The van der Waals surface area contributed by atoms with Crippen LogP contribution in [0.4, 0.5) is 0 Å². The van der Waals surface area contributed by atoms with E-state index in [9.17, 15) is 9.59 Å². The van der Waals surface area contributed by atoms with Crippen molar-refractivity contribution in [2.24, 2.45) is 0 Å². The summed E-state index contributed by atoms with van der Waals surface area (Å²) < 4.78 is 4.67. The van der Waals surface area contributed by atoms with Gasteiger partial charge in [-0.25, -0.2) is 9.78 Å². The number of ketones is 1. The third kappa shape index (κ3) is 3.55. The van der Waals surface area contributed by atoms with E-state index in [1.54, 1.807) is 24.3 Å². The Labute approximate surface area is 162 Å². The number of H-pyrrole nitrogens is 1. The molecule has 5 heteroatoms. The first-order chi connectivity index (χ1) is 13.6. The Hall–Kier alpha value is -3.73. The molecule has 1 heterocycles. The number of Topliss-reactive ketones (excluding diaryl/α,β-unsaturated/α-hetero) is 1. The van der Waals surface area contributed by atoms with Crippen molar-refractivity contribution in [3.05, 3.63) is 89.5 Å². The molecule has 4 rings (SSSR count). The first-order valence-electron chi connectivity index (χ1n) is 8.90. The molecular weight excluding hydrogens is 352 g/mol. The SMILES string of the molecule is COC(=O)c1ccc(C(=O)Cc2ccc3nc(-c4ccccc4)[nH]c3c2)cc1. The number of methoxy groups -OCH3 is 1. The lowest BCUT2D eigenvalue weighted by molar-refractivity contribution is 0.0600. The van der Waals surface area contributed by atoms with E-state index in [2.05, 4.69) is 14.7 Å². The van der Waals surface area contributed by atoms with Crippen molar-refractivity contribution in [2.75, 3.05) is 7.11 Å². The molecule has 0 saturated carbocycles. The van der Waals surface area contributed by atoms with Crippen molar-refractivity contribution >= 4 is 22.8 Å². The fourth-order valence-electron chi connectivity index (χ4n) is 3.10. The second-order valence-electron chi connectivity index (χ2n) is 6.47. The molecule has 0 saturated heterocycles. The zero-order chi connectivity index (χ0) is 19.5. The van der Waals surface area contributed by atoms with E-state index >= 15 is 0 Å². The highest BCUT2D eigenvalue weighted by atomic mass is 16.5. The van der Waals surface area contributed by atoms with E-state index in [-0.39, 0.29) is 12.2 Å². The van der Waals surface area contributed by atoms with Gasteiger partial charge in [0.25, 0.3) is 0 Å². The highest BCUT2D eigenvalue weighted by Gasteiger charge is 2.11. The standard InChI is InChI=1S/C23H18N2O3/c1-28-23(27)18-10-8-16(9-11-18)21(26)14-15-7-12-19-20(13-15)25-22(24-19)17-5-3-2-4-6-17/h2-13H,14H2,1H3,(H,24,25). The first kappa shape index (κ1) is 17.7. The zero-order valence-corrected chi connectivity index (χ0v) is 15.3. The molecule has 0 aliphatic rings. The zero-order valence-electron chi connectivity index (χ0n) is 15.3. The predicted molar refractivity (Wildman–Crippen MR) is 107 cm³/mol. The normalized spacial score (nSPS) is 10.8. The molecule has 0 radical (unpaired) electrons. The number of esters is 1. The monoisotopic (exact) mass is 370 g/mol. The van der Waals surface area contributed by atoms with Gasteiger partial charge >= 0.3 is 5.97 Å². The van der Waals surface area contributed by atoms with E-state index < -0.39 is 5.97 Å². The summed E-state index contributed by atoms with van der Waals surface area (Å²) in [7, 11) is 1.33. The van der Waals surface area contributed by atoms with Gasteiger partial charge in [0.05, 0.1) is 23.7 Å². The fourth-order valence-corrected chi connectivity index (χ4v) is 3.10. The van der Waals surface area contributed by atoms with E-state index in [4.69, 9.17) is 0 Å². The van der Waals surface area contributed by atoms with Crippen LogP contribution in [0.1, 0.15) is 26.3 Å². The number of benzene rings is 3. The van der Waals surface area contributed by atoms with Crippen LogP contribution in [-0.4, -0.2) is 28.8 Å². The number of nitrogens with one attached hydrogen (secondary N) is 1. The number of imidazole rings is 1. The van der Waals surface area contributed by atoms with Crippen molar-refractivity contribution < 1.29 is 14.3 Å². The largest absolute Gasteiger partial charge is 0.465 e. The molecule has 5 nitrogen and oxygen atoms in total. The third-order valence-corrected chi connectivity index (χ3v) is 4.59. The van der Waals surface area contributed by atoms with Gasteiger partial charge in [0.1, 0.15) is 5.82 Å². The topological polar surface area (TPSA) is 72.1 Å². The fraction of sp³-hybridized carbons (Fsp3) is 0.0870. The van der Waals surface area contributed by atoms with E-state index in [0.717, 1.165) is 28.0 Å². The summed E-state index contributed by atoms with van der Waals surface area (Å²) in [5, 5.41) is 0. The van der Waals surface area contributed by atoms with Crippen LogP contribution in [0, 0.1) is 0 Å². The lowest BCUT2D eigenvalue weighted by Crippen LogP contribution is -2.05. The minimum atomic E-state index is -0.419. The molecule has 0 amide bonds. The number of nitrogens with zero attached hydrogens (tertiary/aromatic N) is 1. The summed E-state index contributed by atoms with van der Waals surface area (Å²) >= 11 is 0. The Morgan fingerprint density at radius 1 is 0.929 bits per heavy atom. The smallest absolute Gasteiger partial charge is 0.337 e. The summed E-state index contributed by atoms with van der Waals surface area (Å²) in [6.45, 7) is 0. The van der Waals surface area contributed by atoms with Crippen molar-refractivity contribution in [3.8, 4) is 11.4 Å². The van der Waals surface area contributed by atoms with Crippen molar-refractivity contribution in [2.45, 2.75) is 6.42 Å². The quantitative estimate of drug-likeness (QED) is 0.416. The maximum absolute atomic E-state index is 12.6. The number of hydrogen-bond acceptors (Lipinski definition) is 4. The molecule has 0 spiro atoms. The molecule has 28 heavy (non-hydrogen) atoms. The summed E-state index contributed by atoms with van der Waals surface area (Å²) in [6, 6.07) is 22.2. The second-order valence-corrected chi connectivity index (χ2v) is 6.47. The second kappa shape index (κ2) is 7.48. The van der Waals surface area contributed by atoms with Crippen LogP contribution >= 0.6 is 0 Å². The van der Waals surface area contributed by atoms with Gasteiger partial charge in [-0.2, -0.15) is 0 Å². The van der Waals surface area contributed by atoms with Gasteiger partial charge in [-0.3, -0.25) is 4.79 Å². The van der Waals surface area contributed by atoms with Gasteiger partial charge in [0.2, 0.25) is 0 Å². The Bertz CT molecular complexity index is 1150. The molecule has 0 bridgehead atoms. The average molecular weight is 370 g/mol. The number of carbonyl (C=O) groups is 2. The maximum atomic E-state index is 12.6. The van der Waals surface area contributed by atoms with Gasteiger partial charge in [-0.15, -0.1) is 0 Å². The lowest BCUT2D eigenvalue weighted by atomic mass is 10.0. The molecule has 0 fully saturated rings. The highest BCUT2D eigenvalue weighted by Crippen LogP contribution is 2.21. The summed E-state index contributed by atoms with van der Waals surface area (Å²) in [5.41, 5.74) is 4.65. The number of rotatable bonds is 5. The molecule has 3 aromatic carbocycles. The number of fused-ring (bicyclic) bond motifs is 1. The van der Waals surface area contributed by atoms with Crippen LogP contribution in [0.5, 0.6) is 0 Å². The number of hydrogen-bond donors (Lipinski definition) is 1. The predicted octanol–water partition coefficient (Wildman–Crippen LogP) is 4.44. The first-order valence-corrected chi connectivity index (χ1v) is 8.90. The van der Waals surface area contributed by atoms with Gasteiger partial charge < -0.3 is 9.72 Å². The lowest BCUT2D eigenvalue weighted by Gasteiger charge is -2.03. The summed E-state index contributed by atoms with van der Waals surface area (Å²) in [5.74, 6) is 0.369. The van der Waals surface area contributed by atoms with Crippen molar-refractivity contribution in [1.82, 2.24) is 9.97 Å². The van der Waals surface area contributed by atoms with E-state index in [1.165, 1.54) is 7.11 Å². The van der Waals surface area contributed by atoms with Crippen LogP contribution < -0.4 is 0 Å². The van der Waals surface area contributed by atoms with Gasteiger partial charge in [-0.1, -0.05) is 48.5 Å². The van der Waals surface area contributed by atoms with Gasteiger partial charge in [0.15, 0.2) is 5.78 Å². The summed E-state index contributed by atoms with van der Waals surface area (Å²) in [6.07, 6.45) is 0.271. The highest BCUT2D eigenvalue weighted by molar-refractivity contribution is 5.99. The molecule has 1 N–H and O–H groups in total. The minimum absolute atomic E-state index is 0.0152. The Balaban J connectivity index is 1.54. The number of aromatic nitrogens is 2. The molecule has 4 aromatic rings. The third-order valence-electron chi connectivity index (χ3n) is 4.59. The van der Waals surface area contributed by atoms with Crippen molar-refractivity contribution in [3.63, 3.8) is 0 Å².